The molecule has 1 aliphatic rings. The first-order valence-corrected chi connectivity index (χ1v) is 12.5. The molecule has 2 heterocycles. The molecule has 0 spiro atoms. The van der Waals surface area contributed by atoms with E-state index in [1.807, 2.05) is 23.2 Å². The minimum atomic E-state index is -0.265. The SMILES string of the molecule is CCc1cccc2c(C(CC(=O)N3CCN(c4ccccc4C)CC3)c3ccc(F)cc3)c[nH]c12. The Bertz CT molecular complexity index is 1320. The summed E-state index contributed by atoms with van der Waals surface area (Å²) >= 11 is 0. The van der Waals surface area contributed by atoms with Crippen LogP contribution in [0.4, 0.5) is 10.1 Å². The fourth-order valence-corrected chi connectivity index (χ4v) is 5.34. The van der Waals surface area contributed by atoms with E-state index >= 15 is 0 Å². The second kappa shape index (κ2) is 9.95. The van der Waals surface area contributed by atoms with Gasteiger partial charge in [-0.15, -0.1) is 0 Å². The van der Waals surface area contributed by atoms with E-state index in [1.165, 1.54) is 28.9 Å². The fourth-order valence-electron chi connectivity index (χ4n) is 5.34. The van der Waals surface area contributed by atoms with Crippen LogP contribution in [0.1, 0.15) is 41.5 Å². The maximum atomic E-state index is 13.7. The highest BCUT2D eigenvalue weighted by atomic mass is 19.1. The lowest BCUT2D eigenvalue weighted by Gasteiger charge is -2.37. The smallest absolute Gasteiger partial charge is 0.223 e. The highest BCUT2D eigenvalue weighted by Crippen LogP contribution is 2.35. The van der Waals surface area contributed by atoms with Crippen LogP contribution in [0, 0.1) is 12.7 Å². The Morgan fingerprint density at radius 3 is 2.43 bits per heavy atom. The average Bonchev–Trinajstić information content (AvgIpc) is 3.32. The molecule has 0 saturated carbocycles. The van der Waals surface area contributed by atoms with Crippen LogP contribution in [0.15, 0.2) is 72.9 Å². The first kappa shape index (κ1) is 23.2. The van der Waals surface area contributed by atoms with Crippen molar-refractivity contribution in [1.29, 1.82) is 0 Å². The van der Waals surface area contributed by atoms with E-state index in [1.54, 1.807) is 0 Å². The molecular weight excluding hydrogens is 437 g/mol. The van der Waals surface area contributed by atoms with E-state index in [0.29, 0.717) is 19.5 Å². The summed E-state index contributed by atoms with van der Waals surface area (Å²) < 4.78 is 13.7. The van der Waals surface area contributed by atoms with Crippen molar-refractivity contribution in [2.24, 2.45) is 0 Å². The normalized spacial score (nSPS) is 14.9. The Hall–Kier alpha value is -3.60. The van der Waals surface area contributed by atoms with Gasteiger partial charge in [0.2, 0.25) is 5.91 Å². The van der Waals surface area contributed by atoms with Gasteiger partial charge in [0.1, 0.15) is 5.82 Å². The Kier molecular flexibility index (Phi) is 6.58. The number of aryl methyl sites for hydroxylation is 2. The molecule has 1 N–H and O–H groups in total. The van der Waals surface area contributed by atoms with Crippen molar-refractivity contribution in [3.8, 4) is 0 Å². The molecule has 1 aromatic heterocycles. The summed E-state index contributed by atoms with van der Waals surface area (Å²) in [5.41, 5.74) is 6.93. The zero-order chi connectivity index (χ0) is 24.4. The Balaban J connectivity index is 1.38. The summed E-state index contributed by atoms with van der Waals surface area (Å²) in [4.78, 5) is 21.3. The van der Waals surface area contributed by atoms with Gasteiger partial charge < -0.3 is 14.8 Å². The van der Waals surface area contributed by atoms with E-state index in [9.17, 15) is 9.18 Å². The lowest BCUT2D eigenvalue weighted by molar-refractivity contribution is -0.131. The number of anilines is 1. The molecule has 4 nitrogen and oxygen atoms in total. The Labute approximate surface area is 206 Å². The van der Waals surface area contributed by atoms with Gasteiger partial charge in [0.05, 0.1) is 0 Å². The van der Waals surface area contributed by atoms with Crippen LogP contribution in [0.2, 0.25) is 0 Å². The summed E-state index contributed by atoms with van der Waals surface area (Å²) in [6.45, 7) is 7.34. The van der Waals surface area contributed by atoms with Gasteiger partial charge in [-0.2, -0.15) is 0 Å². The Morgan fingerprint density at radius 1 is 0.971 bits per heavy atom. The van der Waals surface area contributed by atoms with E-state index in [0.717, 1.165) is 41.5 Å². The van der Waals surface area contributed by atoms with Crippen molar-refractivity contribution in [1.82, 2.24) is 9.88 Å². The zero-order valence-corrected chi connectivity index (χ0v) is 20.4. The monoisotopic (exact) mass is 469 g/mol. The minimum Gasteiger partial charge on any atom is -0.368 e. The first-order valence-electron chi connectivity index (χ1n) is 12.5. The number of para-hydroxylation sites is 2. The number of hydrogen-bond donors (Lipinski definition) is 1. The number of piperazine rings is 1. The van der Waals surface area contributed by atoms with Crippen LogP contribution < -0.4 is 4.90 Å². The molecule has 3 aromatic carbocycles. The predicted molar refractivity (Wildman–Crippen MR) is 141 cm³/mol. The molecule has 35 heavy (non-hydrogen) atoms. The molecule has 0 bridgehead atoms. The number of nitrogens with zero attached hydrogens (tertiary/aromatic N) is 2. The number of benzene rings is 3. The quantitative estimate of drug-likeness (QED) is 0.373. The summed E-state index contributed by atoms with van der Waals surface area (Å²) in [5.74, 6) is -0.263. The molecule has 0 radical (unpaired) electrons. The lowest BCUT2D eigenvalue weighted by atomic mass is 9.87. The molecule has 5 rings (SSSR count). The maximum absolute atomic E-state index is 13.7. The van der Waals surface area contributed by atoms with Gasteiger partial charge in [0.25, 0.3) is 0 Å². The van der Waals surface area contributed by atoms with Gasteiger partial charge in [0, 0.05) is 61.3 Å². The molecule has 1 fully saturated rings. The van der Waals surface area contributed by atoms with Crippen LogP contribution in [-0.4, -0.2) is 42.0 Å². The summed E-state index contributed by atoms with van der Waals surface area (Å²) in [6, 6.07) is 21.3. The van der Waals surface area contributed by atoms with Crippen molar-refractivity contribution in [3.63, 3.8) is 0 Å². The first-order chi connectivity index (χ1) is 17.0. The van der Waals surface area contributed by atoms with E-state index in [2.05, 4.69) is 66.2 Å². The largest absolute Gasteiger partial charge is 0.368 e. The van der Waals surface area contributed by atoms with Gasteiger partial charge in [-0.3, -0.25) is 4.79 Å². The number of aromatic nitrogens is 1. The number of hydrogen-bond acceptors (Lipinski definition) is 2. The summed E-state index contributed by atoms with van der Waals surface area (Å²) in [7, 11) is 0. The topological polar surface area (TPSA) is 39.3 Å². The van der Waals surface area contributed by atoms with Crippen LogP contribution in [-0.2, 0) is 11.2 Å². The van der Waals surface area contributed by atoms with Crippen LogP contribution in [0.3, 0.4) is 0 Å². The van der Waals surface area contributed by atoms with Crippen LogP contribution >= 0.6 is 0 Å². The highest BCUT2D eigenvalue weighted by Gasteiger charge is 2.27. The van der Waals surface area contributed by atoms with Crippen molar-refractivity contribution < 1.29 is 9.18 Å². The number of fused-ring (bicyclic) bond motifs is 1. The average molecular weight is 470 g/mol. The molecule has 5 heteroatoms. The number of carbonyl (C=O) groups excluding carboxylic acids is 1. The number of amides is 1. The number of nitrogens with one attached hydrogen (secondary N) is 1. The molecule has 180 valence electrons. The minimum absolute atomic E-state index is 0.140. The molecule has 1 amide bonds. The number of carbonyl (C=O) groups is 1. The lowest BCUT2D eigenvalue weighted by Crippen LogP contribution is -2.49. The van der Waals surface area contributed by atoms with Gasteiger partial charge in [-0.05, 0) is 53.8 Å². The van der Waals surface area contributed by atoms with E-state index < -0.39 is 0 Å². The third-order valence-electron chi connectivity index (χ3n) is 7.33. The fraction of sp³-hybridized carbons (Fsp3) is 0.300. The van der Waals surface area contributed by atoms with Gasteiger partial charge in [-0.25, -0.2) is 4.39 Å². The third-order valence-corrected chi connectivity index (χ3v) is 7.33. The van der Waals surface area contributed by atoms with Crippen LogP contribution in [0.25, 0.3) is 10.9 Å². The van der Waals surface area contributed by atoms with Gasteiger partial charge >= 0.3 is 0 Å². The van der Waals surface area contributed by atoms with Crippen molar-refractivity contribution in [2.75, 3.05) is 31.1 Å². The maximum Gasteiger partial charge on any atom is 0.223 e. The second-order valence-electron chi connectivity index (χ2n) is 9.40. The van der Waals surface area contributed by atoms with E-state index in [4.69, 9.17) is 0 Å². The summed E-state index contributed by atoms with van der Waals surface area (Å²) in [6.07, 6.45) is 3.32. The third kappa shape index (κ3) is 4.68. The molecule has 1 aliphatic heterocycles. The molecule has 1 unspecified atom stereocenters. The van der Waals surface area contributed by atoms with Crippen molar-refractivity contribution in [3.05, 3.63) is 101 Å². The molecule has 1 saturated heterocycles. The Morgan fingerprint density at radius 2 is 1.71 bits per heavy atom. The van der Waals surface area contributed by atoms with E-state index in [-0.39, 0.29) is 17.6 Å². The molecule has 0 aliphatic carbocycles. The molecule has 1 atom stereocenters. The predicted octanol–water partition coefficient (Wildman–Crippen LogP) is 6.05. The molecular formula is C30H32FN3O. The number of aromatic amines is 1. The van der Waals surface area contributed by atoms with Crippen LogP contribution in [0.5, 0.6) is 0 Å². The highest BCUT2D eigenvalue weighted by molar-refractivity contribution is 5.88. The summed E-state index contributed by atoms with van der Waals surface area (Å²) in [5, 5.41) is 1.14. The number of H-pyrrole nitrogens is 1. The van der Waals surface area contributed by atoms with Gasteiger partial charge in [0.15, 0.2) is 0 Å². The second-order valence-corrected chi connectivity index (χ2v) is 9.40. The number of rotatable bonds is 6. The van der Waals surface area contributed by atoms with Crippen molar-refractivity contribution in [2.45, 2.75) is 32.6 Å². The molecule has 4 aromatic rings. The number of halogens is 1. The van der Waals surface area contributed by atoms with Gasteiger partial charge in [-0.1, -0.05) is 55.5 Å². The van der Waals surface area contributed by atoms with Crippen molar-refractivity contribution >= 4 is 22.5 Å². The standard InChI is InChI=1S/C30H32FN3O/c1-3-22-8-6-9-25-27(20-32-30(22)25)26(23-11-13-24(31)14-12-23)19-29(35)34-17-15-33(16-18-34)28-10-5-4-7-21(28)2/h4-14,20,26,32H,3,15-19H2,1-2H3. The zero-order valence-electron chi connectivity index (χ0n) is 20.4.